The van der Waals surface area contributed by atoms with Gasteiger partial charge in [-0.3, -0.25) is 38.4 Å². The number of halogens is 3. The van der Waals surface area contributed by atoms with Gasteiger partial charge < -0.3 is 147 Å². The highest BCUT2D eigenvalue weighted by Crippen LogP contribution is 2.51. The molecule has 7 aromatic carbocycles. The molecule has 15 rings (SSSR count). The molecule has 7 aromatic rings. The summed E-state index contributed by atoms with van der Waals surface area (Å²) < 4.78 is 59.7. The van der Waals surface area contributed by atoms with Crippen molar-refractivity contribution in [1.29, 1.82) is 0 Å². The number of nitrogens with two attached hydrogens (primary N) is 2. The number of primary amides is 1. The Morgan fingerprint density at radius 3 is 1.92 bits per heavy atom. The van der Waals surface area contributed by atoms with Gasteiger partial charge in [0.1, 0.15) is 83.4 Å². The van der Waals surface area contributed by atoms with Gasteiger partial charge in [0.05, 0.1) is 59.6 Å². The number of aliphatic hydroxyl groups excluding tert-OH is 5. The fourth-order valence-corrected chi connectivity index (χ4v) is 17.4. The summed E-state index contributed by atoms with van der Waals surface area (Å²) in [6.07, 6.45) is -18.2. The highest BCUT2D eigenvalue weighted by molar-refractivity contribution is 6.32. The average molecular weight is 1910 g/mol. The van der Waals surface area contributed by atoms with Gasteiger partial charge in [0.2, 0.25) is 53.4 Å². The minimum Gasteiger partial charge on any atom is -0.508 e. The van der Waals surface area contributed by atoms with Crippen LogP contribution in [0.1, 0.15) is 137 Å². The summed E-state index contributed by atoms with van der Waals surface area (Å²) in [6, 6.07) is 15.3. The largest absolute Gasteiger partial charge is 0.508 e. The molecule has 3 fully saturated rings. The van der Waals surface area contributed by atoms with Gasteiger partial charge in [0, 0.05) is 84.8 Å². The second-order valence-electron chi connectivity index (χ2n) is 35.0. The van der Waals surface area contributed by atoms with Gasteiger partial charge in [-0.25, -0.2) is 4.79 Å². The van der Waals surface area contributed by atoms with Crippen LogP contribution in [0.25, 0.3) is 22.3 Å². The number of nitrogens with one attached hydrogen (secondary N) is 8. The van der Waals surface area contributed by atoms with Crippen LogP contribution >= 0.6 is 34.8 Å². The molecule has 41 heteroatoms. The normalized spacial score (nSPS) is 27.7. The van der Waals surface area contributed by atoms with Gasteiger partial charge in [0.25, 0.3) is 5.91 Å². The summed E-state index contributed by atoms with van der Waals surface area (Å²) in [5.41, 5.74) is 10.7. The summed E-state index contributed by atoms with van der Waals surface area (Å²) in [6.45, 7) is 7.38. The number of carbonyl (C=O) groups is 9. The molecule has 8 amide bonds. The van der Waals surface area contributed by atoms with Crippen LogP contribution in [0.15, 0.2) is 127 Å². The molecule has 21 unspecified atom stereocenters. The molecule has 3 saturated heterocycles. The number of hydrogen-bond donors (Lipinski definition) is 18. The number of aliphatic hydroxyl groups is 5. The highest BCUT2D eigenvalue weighted by atomic mass is 35.5. The van der Waals surface area contributed by atoms with Crippen molar-refractivity contribution >= 4 is 88.0 Å². The fraction of sp³-hybridized carbons (Fsp3) is 0.446. The van der Waals surface area contributed by atoms with E-state index >= 15 is 28.8 Å². The molecule has 133 heavy (non-hydrogen) atoms. The van der Waals surface area contributed by atoms with Gasteiger partial charge in [-0.1, -0.05) is 89.4 Å². The Hall–Kier alpha value is -11.1. The number of hydrogen-bond acceptors (Lipinski definition) is 30. The van der Waals surface area contributed by atoms with Crippen molar-refractivity contribution in [2.75, 3.05) is 54.5 Å². The summed E-state index contributed by atoms with van der Waals surface area (Å²) in [5, 5.41) is 115. The van der Waals surface area contributed by atoms with E-state index in [1.807, 2.05) is 62.4 Å². The minimum absolute atomic E-state index is 0.136. The fourth-order valence-electron chi connectivity index (χ4n) is 16.9. The number of phenolic OH excluding ortho intramolecular Hbond substituents is 3. The maximum absolute atomic E-state index is 16.7. The molecule has 0 radical (unpaired) electrons. The monoisotopic (exact) mass is 1900 g/mol. The number of benzene rings is 7. The van der Waals surface area contributed by atoms with E-state index in [9.17, 15) is 55.2 Å². The Labute approximate surface area is 779 Å². The molecule has 11 bridgehead atoms. The summed E-state index contributed by atoms with van der Waals surface area (Å²) >= 11 is 21.0. The number of rotatable bonds is 24. The van der Waals surface area contributed by atoms with Crippen LogP contribution < -0.4 is 68.2 Å². The van der Waals surface area contributed by atoms with E-state index in [4.69, 9.17) is 88.9 Å². The lowest BCUT2D eigenvalue weighted by Crippen LogP contribution is -2.61. The van der Waals surface area contributed by atoms with Gasteiger partial charge in [-0.05, 0) is 174 Å². The molecule has 0 aromatic heterocycles. The standard InChI is InChI=1S/C92H109Cl3N12O26/c1-42(109)26-58(98-6)83(118)104-77-79(116)49-17-22-63(56(94)28-49)128-65-30-51-31-66(81(65)133-90-67(35-61(112)68(40-108)131-90)130-71-37-91(4,36-43(2)126-71)99-39-45-10-12-46(13-11-45)47-14-19-52(93)20-15-47)129-64-23-18-50(29-57(64)95)80(132-72-38-92(5,97)82(117)44(3)127-72)78-88(123)103-76(89(124)125-41-70(115)107(9)25-24-106(7)8)55-32-53(110)33-62(113)73(55)54-27-48(16-21-60(54)111)74(85(120)105-78)102-86(121)75(51)101-84(119)59(34-69(96)114)100-87(77)122/h10-23,27-33,42-44,58-59,61,67-68,71-72,74-80,82,90,98-99,108-113,116-117H,24-26,34-41,97H2,1-9H3,(H2,96,114)(H,100,122)(H,101,119)(H,102,121)(H,103,123)(H,104,118)(H,105,120). The number of fused-ring (bicyclic) bond motifs is 15. The summed E-state index contributed by atoms with van der Waals surface area (Å²) in [7, 11) is 6.36. The number of carbonyl (C=O) groups excluding carboxylic acids is 9. The maximum Gasteiger partial charge on any atom is 0.333 e. The smallest absolute Gasteiger partial charge is 0.333 e. The number of aromatic hydroxyl groups is 3. The second kappa shape index (κ2) is 42.2. The highest BCUT2D eigenvalue weighted by Gasteiger charge is 2.50. The zero-order chi connectivity index (χ0) is 96.1. The molecule has 20 N–H and O–H groups in total. The van der Waals surface area contributed by atoms with Crippen molar-refractivity contribution in [3.8, 4) is 68.2 Å². The molecular formula is C92H109Cl3N12O26. The first-order valence-electron chi connectivity index (χ1n) is 43.0. The lowest BCUT2D eigenvalue weighted by Gasteiger charge is -2.45. The second-order valence-corrected chi connectivity index (χ2v) is 36.2. The summed E-state index contributed by atoms with van der Waals surface area (Å²) in [4.78, 5) is 140. The zero-order valence-corrected chi connectivity index (χ0v) is 76.2. The number of esters is 1. The van der Waals surface area contributed by atoms with E-state index in [-0.39, 0.29) is 65.4 Å². The Morgan fingerprint density at radius 1 is 0.669 bits per heavy atom. The van der Waals surface area contributed by atoms with Crippen LogP contribution in [0.2, 0.25) is 15.1 Å². The number of ether oxygens (including phenoxy) is 9. The molecule has 38 nitrogen and oxygen atoms in total. The zero-order valence-electron chi connectivity index (χ0n) is 74.0. The van der Waals surface area contributed by atoms with Crippen molar-refractivity contribution in [2.24, 2.45) is 11.5 Å². The maximum atomic E-state index is 16.7. The van der Waals surface area contributed by atoms with Crippen molar-refractivity contribution in [3.05, 3.63) is 176 Å². The minimum atomic E-state index is -2.38. The van der Waals surface area contributed by atoms with Gasteiger partial charge >= 0.3 is 5.97 Å². The predicted molar refractivity (Wildman–Crippen MR) is 479 cm³/mol. The van der Waals surface area contributed by atoms with Crippen molar-refractivity contribution in [1.82, 2.24) is 52.3 Å². The molecule has 0 aliphatic carbocycles. The van der Waals surface area contributed by atoms with Crippen LogP contribution in [0.3, 0.4) is 0 Å². The predicted octanol–water partition coefficient (Wildman–Crippen LogP) is 4.76. The Bertz CT molecular complexity index is 5490. The first kappa shape index (κ1) is 99.4. The molecular weight excluding hydrogens is 1800 g/mol. The quantitative estimate of drug-likeness (QED) is 0.0363. The third-order valence-corrected chi connectivity index (χ3v) is 24.9. The van der Waals surface area contributed by atoms with Crippen molar-refractivity contribution < 1.29 is 127 Å². The van der Waals surface area contributed by atoms with Crippen LogP contribution in [-0.4, -0.2) is 255 Å². The van der Waals surface area contributed by atoms with E-state index in [0.29, 0.717) is 24.5 Å². The number of nitrogens with zero attached hydrogens (tertiary/aromatic N) is 2. The van der Waals surface area contributed by atoms with Gasteiger partial charge in [0.15, 0.2) is 36.7 Å². The number of amides is 8. The first-order valence-corrected chi connectivity index (χ1v) is 44.2. The van der Waals surface area contributed by atoms with E-state index in [2.05, 4.69) is 42.5 Å². The van der Waals surface area contributed by atoms with Crippen LogP contribution in [-0.2, 0) is 78.1 Å². The SMILES string of the molecule is CNC(CC(C)O)C(=O)NC1C(=O)NC(CC(N)=O)C(=O)NC2C(=O)NC3C(=O)NC(C(=O)NC(C(=O)OCC(=O)N(C)CCN(C)C)c4cc(O)cc(O)c4-c4cc3ccc4O)C(OC3CC(C)(N)C(O)C(C)O3)c3ccc(c(Cl)c3)Oc3cc2cc(c3OC2OC(CO)C(O)CC2OC2CC(C)(NCc3ccc(-c4ccc(Cl)cc4)cc3)CC(C)O2)Oc2ccc(cc2Cl)C1O. The topological polar surface area (TPSA) is 553 Å². The van der Waals surface area contributed by atoms with Crippen LogP contribution in [0.4, 0.5) is 0 Å². The molecule has 0 spiro atoms. The van der Waals surface area contributed by atoms with Gasteiger partial charge in [-0.2, -0.15) is 0 Å². The molecule has 0 saturated carbocycles. The van der Waals surface area contributed by atoms with Crippen LogP contribution in [0, 0.1) is 0 Å². The van der Waals surface area contributed by atoms with E-state index in [1.54, 1.807) is 19.0 Å². The number of phenols is 3. The van der Waals surface area contributed by atoms with E-state index in [1.165, 1.54) is 70.1 Å². The molecule has 8 aliphatic rings. The first-order chi connectivity index (χ1) is 63.0. The molecule has 714 valence electrons. The van der Waals surface area contributed by atoms with Crippen molar-refractivity contribution in [3.63, 3.8) is 0 Å². The third-order valence-electron chi connectivity index (χ3n) is 24.0. The number of likely N-dealkylation sites (N-methyl/N-ethyl adjacent to an activating group) is 3. The van der Waals surface area contributed by atoms with Gasteiger partial charge in [-0.15, -0.1) is 0 Å². The third kappa shape index (κ3) is 23.6. The lowest BCUT2D eigenvalue weighted by atomic mass is 9.86. The molecule has 8 aliphatic heterocycles. The van der Waals surface area contributed by atoms with E-state index in [0.717, 1.165) is 65.2 Å². The Kier molecular flexibility index (Phi) is 31.5. The van der Waals surface area contributed by atoms with E-state index < -0.39 is 262 Å². The molecule has 21 atom stereocenters. The average Bonchev–Trinajstić information content (AvgIpc) is 0.752. The van der Waals surface area contributed by atoms with Crippen molar-refractivity contribution in [2.45, 2.75) is 207 Å². The summed E-state index contributed by atoms with van der Waals surface area (Å²) in [5.74, 6) is -16.0. The Balaban J connectivity index is 1.01. The Morgan fingerprint density at radius 2 is 1.29 bits per heavy atom. The lowest BCUT2D eigenvalue weighted by molar-refractivity contribution is -0.301. The van der Waals surface area contributed by atoms with Crippen LogP contribution in [0.5, 0.6) is 46.0 Å². The molecule has 8 heterocycles.